The maximum Gasteiger partial charge on any atom is 0.449 e. The maximum atomic E-state index is 12.7. The lowest BCUT2D eigenvalue weighted by molar-refractivity contribution is -0.144. The molecule has 1 atom stereocenters. The molecule has 0 spiro atoms. The number of aryl methyl sites for hydroxylation is 2. The molecule has 0 saturated heterocycles. The summed E-state index contributed by atoms with van der Waals surface area (Å²) in [7, 11) is 0. The van der Waals surface area contributed by atoms with E-state index in [1.54, 1.807) is 6.07 Å². The van der Waals surface area contributed by atoms with Crippen LogP contribution >= 0.6 is 0 Å². The number of hydrogen-bond acceptors (Lipinski definition) is 5. The van der Waals surface area contributed by atoms with Crippen LogP contribution in [0.2, 0.25) is 0 Å². The summed E-state index contributed by atoms with van der Waals surface area (Å²) in [5.41, 5.74) is 4.74. The second-order valence-corrected chi connectivity index (χ2v) is 5.75. The molecule has 130 valence electrons. The summed E-state index contributed by atoms with van der Waals surface area (Å²) >= 11 is 0. The molecule has 0 fully saturated rings. The predicted molar refractivity (Wildman–Crippen MR) is 82.8 cm³/mol. The molecule has 6 nitrogen and oxygen atoms in total. The number of fused-ring (bicyclic) bond motifs is 1. The molecule has 0 amide bonds. The van der Waals surface area contributed by atoms with Gasteiger partial charge in [0, 0.05) is 5.56 Å². The first kappa shape index (κ1) is 15.7. The Morgan fingerprint density at radius 3 is 2.64 bits per heavy atom. The first-order valence-electron chi connectivity index (χ1n) is 7.45. The lowest BCUT2D eigenvalue weighted by atomic mass is 10.2. The molecule has 3 aromatic rings. The number of nitrogens with zero attached hydrogens (tertiary/aromatic N) is 2. The molecule has 2 aromatic heterocycles. The number of aromatic nitrogens is 2. The zero-order chi connectivity index (χ0) is 17.8. The van der Waals surface area contributed by atoms with Crippen molar-refractivity contribution in [3.63, 3.8) is 0 Å². The zero-order valence-corrected chi connectivity index (χ0v) is 13.2. The van der Waals surface area contributed by atoms with Crippen molar-refractivity contribution in [3.8, 4) is 0 Å². The largest absolute Gasteiger partial charge is 0.461 e. The molecule has 4 rings (SSSR count). The molecule has 1 aliphatic rings. The molecule has 0 saturated carbocycles. The summed E-state index contributed by atoms with van der Waals surface area (Å²) in [6.07, 6.45) is -5.17. The Morgan fingerprint density at radius 1 is 1.16 bits per heavy atom. The van der Waals surface area contributed by atoms with Crippen LogP contribution in [0.3, 0.4) is 0 Å². The minimum absolute atomic E-state index is 0.226. The second kappa shape index (κ2) is 5.35. The molecule has 0 radical (unpaired) electrons. The van der Waals surface area contributed by atoms with Crippen LogP contribution in [0.4, 0.5) is 13.2 Å². The molecule has 2 N–H and O–H groups in total. The van der Waals surface area contributed by atoms with Crippen molar-refractivity contribution in [1.82, 2.24) is 15.4 Å². The lowest BCUT2D eigenvalue weighted by Crippen LogP contribution is -2.17. The Hall–Kier alpha value is -2.81. The number of furan rings is 1. The highest BCUT2D eigenvalue weighted by atomic mass is 19.4. The van der Waals surface area contributed by atoms with Crippen molar-refractivity contribution in [2.24, 2.45) is 4.99 Å². The fourth-order valence-electron chi connectivity index (χ4n) is 2.55. The van der Waals surface area contributed by atoms with E-state index in [0.717, 1.165) is 11.3 Å². The van der Waals surface area contributed by atoms with Crippen molar-refractivity contribution in [2.75, 3.05) is 0 Å². The monoisotopic (exact) mass is 350 g/mol. The summed E-state index contributed by atoms with van der Waals surface area (Å²) in [4.78, 5) is 15.6. The number of aliphatic imine (C=N–C) groups is 1. The van der Waals surface area contributed by atoms with Crippen LogP contribution in [0, 0.1) is 13.8 Å². The summed E-state index contributed by atoms with van der Waals surface area (Å²) in [5.74, 6) is 0.707. The summed E-state index contributed by atoms with van der Waals surface area (Å²) in [6, 6.07) is 6.49. The van der Waals surface area contributed by atoms with Gasteiger partial charge >= 0.3 is 6.18 Å². The molecule has 1 aliphatic heterocycles. The quantitative estimate of drug-likeness (QED) is 0.738. The third-order valence-electron chi connectivity index (χ3n) is 3.97. The van der Waals surface area contributed by atoms with Crippen molar-refractivity contribution in [3.05, 3.63) is 52.7 Å². The summed E-state index contributed by atoms with van der Waals surface area (Å²) < 4.78 is 43.8. The first-order valence-corrected chi connectivity index (χ1v) is 7.45. The van der Waals surface area contributed by atoms with Gasteiger partial charge in [0.05, 0.1) is 11.0 Å². The van der Waals surface area contributed by atoms with Gasteiger partial charge in [0.2, 0.25) is 12.1 Å². The minimum Gasteiger partial charge on any atom is -0.461 e. The highest BCUT2D eigenvalue weighted by Crippen LogP contribution is 2.30. The highest BCUT2D eigenvalue weighted by Gasteiger charge is 2.34. The number of hydrogen-bond donors (Lipinski definition) is 2. The fourth-order valence-corrected chi connectivity index (χ4v) is 2.55. The Balaban J connectivity index is 1.66. The van der Waals surface area contributed by atoms with Crippen LogP contribution in [0.5, 0.6) is 0 Å². The fraction of sp³-hybridized carbons (Fsp3) is 0.250. The van der Waals surface area contributed by atoms with Crippen molar-refractivity contribution in [2.45, 2.75) is 26.3 Å². The molecule has 3 heterocycles. The van der Waals surface area contributed by atoms with Gasteiger partial charge in [0.1, 0.15) is 5.76 Å². The van der Waals surface area contributed by atoms with Crippen LogP contribution in [-0.2, 0) is 11.0 Å². The van der Waals surface area contributed by atoms with E-state index in [2.05, 4.69) is 20.4 Å². The maximum absolute atomic E-state index is 12.7. The SMILES string of the molecule is Cc1cc(C2N=C(c3ccc4nc(C(F)(F)F)[nH]c4c3)NO2)oc1C. The average Bonchev–Trinajstić information content (AvgIpc) is 3.25. The molecule has 9 heteroatoms. The van der Waals surface area contributed by atoms with Gasteiger partial charge in [-0.3, -0.25) is 0 Å². The van der Waals surface area contributed by atoms with E-state index in [9.17, 15) is 13.2 Å². The molecular formula is C16H13F3N4O2. The third-order valence-corrected chi connectivity index (χ3v) is 3.97. The van der Waals surface area contributed by atoms with Crippen LogP contribution in [0.1, 0.15) is 34.7 Å². The predicted octanol–water partition coefficient (Wildman–Crippen LogP) is 3.77. The van der Waals surface area contributed by atoms with Crippen LogP contribution < -0.4 is 5.48 Å². The highest BCUT2D eigenvalue weighted by molar-refractivity contribution is 6.01. The smallest absolute Gasteiger partial charge is 0.449 e. The van der Waals surface area contributed by atoms with Crippen LogP contribution in [-0.4, -0.2) is 15.8 Å². The van der Waals surface area contributed by atoms with E-state index in [-0.39, 0.29) is 11.0 Å². The Labute approximate surface area is 139 Å². The van der Waals surface area contributed by atoms with Crippen molar-refractivity contribution >= 4 is 16.9 Å². The summed E-state index contributed by atoms with van der Waals surface area (Å²) in [5, 5.41) is 0. The van der Waals surface area contributed by atoms with Gasteiger partial charge in [-0.2, -0.15) is 13.2 Å². The molecular weight excluding hydrogens is 337 g/mol. The van der Waals surface area contributed by atoms with Gasteiger partial charge in [-0.25, -0.2) is 20.3 Å². The zero-order valence-electron chi connectivity index (χ0n) is 13.2. The van der Waals surface area contributed by atoms with E-state index in [1.807, 2.05) is 19.9 Å². The van der Waals surface area contributed by atoms with Gasteiger partial charge in [-0.05, 0) is 43.7 Å². The van der Waals surface area contributed by atoms with Gasteiger partial charge in [-0.15, -0.1) is 0 Å². The Morgan fingerprint density at radius 2 is 1.96 bits per heavy atom. The number of benzene rings is 1. The lowest BCUT2D eigenvalue weighted by Gasteiger charge is -2.01. The second-order valence-electron chi connectivity index (χ2n) is 5.75. The molecule has 0 aliphatic carbocycles. The number of aromatic amines is 1. The number of imidazole rings is 1. The molecule has 25 heavy (non-hydrogen) atoms. The van der Waals surface area contributed by atoms with Crippen LogP contribution in [0.15, 0.2) is 33.7 Å². The number of rotatable bonds is 2. The standard InChI is InChI=1S/C16H13F3N4O2/c1-7-5-12(24-8(7)2)14-22-13(23-25-14)9-3-4-10-11(6-9)21-15(20-10)16(17,18)19/h3-6,14H,1-2H3,(H,20,21)(H,22,23). The Kier molecular flexibility index (Phi) is 3.36. The van der Waals surface area contributed by atoms with E-state index in [0.29, 0.717) is 17.2 Å². The van der Waals surface area contributed by atoms with E-state index < -0.39 is 18.2 Å². The van der Waals surface area contributed by atoms with Crippen LogP contribution in [0.25, 0.3) is 11.0 Å². The number of hydroxylamine groups is 1. The first-order chi connectivity index (χ1) is 11.8. The summed E-state index contributed by atoms with van der Waals surface area (Å²) in [6.45, 7) is 3.76. The molecule has 1 unspecified atom stereocenters. The number of nitrogens with one attached hydrogen (secondary N) is 2. The normalized spacial score (nSPS) is 17.8. The van der Waals surface area contributed by atoms with E-state index in [1.165, 1.54) is 12.1 Å². The third kappa shape index (κ3) is 2.76. The topological polar surface area (TPSA) is 75.4 Å². The number of halogens is 3. The van der Waals surface area contributed by atoms with Gasteiger partial charge in [0.25, 0.3) is 0 Å². The van der Waals surface area contributed by atoms with Crippen molar-refractivity contribution < 1.29 is 22.4 Å². The molecule has 1 aromatic carbocycles. The minimum atomic E-state index is -4.52. The van der Waals surface area contributed by atoms with E-state index >= 15 is 0 Å². The number of amidine groups is 1. The van der Waals surface area contributed by atoms with E-state index in [4.69, 9.17) is 9.25 Å². The van der Waals surface area contributed by atoms with Crippen molar-refractivity contribution in [1.29, 1.82) is 0 Å². The molecule has 0 bridgehead atoms. The Bertz CT molecular complexity index is 968. The van der Waals surface area contributed by atoms with Gasteiger partial charge in [0.15, 0.2) is 11.6 Å². The average molecular weight is 350 g/mol. The number of H-pyrrole nitrogens is 1. The van der Waals surface area contributed by atoms with Gasteiger partial charge < -0.3 is 9.40 Å². The number of alkyl halides is 3. The van der Waals surface area contributed by atoms with Gasteiger partial charge in [-0.1, -0.05) is 0 Å².